The van der Waals surface area contributed by atoms with E-state index in [1.807, 2.05) is 24.4 Å². The minimum absolute atomic E-state index is 0.283. The Labute approximate surface area is 136 Å². The van der Waals surface area contributed by atoms with Gasteiger partial charge in [-0.2, -0.15) is 0 Å². The van der Waals surface area contributed by atoms with E-state index in [0.29, 0.717) is 5.75 Å². The number of aromatic amines is 1. The van der Waals surface area contributed by atoms with Crippen LogP contribution in [0, 0.1) is 0 Å². The molecule has 0 saturated carbocycles. The summed E-state index contributed by atoms with van der Waals surface area (Å²) in [7, 11) is 4.31. The van der Waals surface area contributed by atoms with Crippen molar-refractivity contribution in [1.82, 2.24) is 4.98 Å². The van der Waals surface area contributed by atoms with Crippen LogP contribution in [-0.4, -0.2) is 39.9 Å². The first-order valence-electron chi connectivity index (χ1n) is 6.28. The second kappa shape index (κ2) is 6.36. The second-order valence-corrected chi connectivity index (χ2v) is 8.41. The Hall–Kier alpha value is -0.730. The maximum absolute atomic E-state index is 11.5. The maximum atomic E-state index is 11.5. The Balaban J connectivity index is 2.33. The number of halogens is 1. The molecule has 2 rings (SSSR count). The average Bonchev–Trinajstić information content (AvgIpc) is 2.79. The van der Waals surface area contributed by atoms with Crippen molar-refractivity contribution in [1.29, 1.82) is 0 Å². The van der Waals surface area contributed by atoms with E-state index in [1.165, 1.54) is 5.56 Å². The molecule has 2 aromatic rings. The van der Waals surface area contributed by atoms with E-state index in [2.05, 4.69) is 41.9 Å². The Kier molecular flexibility index (Phi) is 4.98. The fourth-order valence-electron chi connectivity index (χ4n) is 2.02. The summed E-state index contributed by atoms with van der Waals surface area (Å²) in [4.78, 5) is 14.8. The first-order valence-corrected chi connectivity index (χ1v) is 8.47. The highest BCUT2D eigenvalue weighted by molar-refractivity contribution is 14.1. The number of hydrogen-bond donors (Lipinski definition) is 1. The number of aromatic nitrogens is 1. The Morgan fingerprint density at radius 1 is 1.45 bits per heavy atom. The van der Waals surface area contributed by atoms with Crippen LogP contribution in [0.2, 0.25) is 0 Å². The number of likely N-dealkylation sites (N-methyl/N-ethyl adjacent to an activating group) is 1. The zero-order chi connectivity index (χ0) is 14.8. The molecular weight excluding hydrogens is 387 g/mol. The summed E-state index contributed by atoms with van der Waals surface area (Å²) in [5.74, 6) is 0.636. The number of ether oxygens (including phenoxy) is 1. The van der Waals surface area contributed by atoms with Crippen LogP contribution in [0.5, 0.6) is 5.75 Å². The lowest BCUT2D eigenvalue weighted by Crippen LogP contribution is -2.29. The Morgan fingerprint density at radius 2 is 2.20 bits per heavy atom. The molecule has 0 amide bonds. The predicted octanol–water partition coefficient (Wildman–Crippen LogP) is 4.00. The minimum atomic E-state index is -0.283. The predicted molar refractivity (Wildman–Crippen MR) is 92.5 cm³/mol. The first-order chi connectivity index (χ1) is 9.40. The van der Waals surface area contributed by atoms with Crippen molar-refractivity contribution >= 4 is 50.8 Å². The van der Waals surface area contributed by atoms with Crippen molar-refractivity contribution in [3.05, 3.63) is 30.0 Å². The number of carbonyl (C=O) groups excluding carboxylic acids is 1. The Morgan fingerprint density at radius 3 is 2.85 bits per heavy atom. The van der Waals surface area contributed by atoms with Crippen molar-refractivity contribution in [2.45, 2.75) is 6.42 Å². The van der Waals surface area contributed by atoms with Gasteiger partial charge in [0.15, 0.2) is 0 Å². The van der Waals surface area contributed by atoms with Crippen molar-refractivity contribution in [2.75, 3.05) is 26.9 Å². The van der Waals surface area contributed by atoms with Crippen molar-refractivity contribution in [3.63, 3.8) is 0 Å². The van der Waals surface area contributed by atoms with E-state index >= 15 is 0 Å². The number of nitrogens with one attached hydrogen (secondary N) is 1. The molecule has 0 saturated heterocycles. The van der Waals surface area contributed by atoms with Crippen molar-refractivity contribution in [3.8, 4) is 5.75 Å². The fourth-order valence-corrected chi connectivity index (χ4v) is 2.43. The molecule has 0 aliphatic heterocycles. The summed E-state index contributed by atoms with van der Waals surface area (Å²) in [6, 6.07) is 5.74. The molecule has 108 valence electrons. The zero-order valence-corrected chi connectivity index (χ0v) is 14.7. The molecule has 0 fully saturated rings. The van der Waals surface area contributed by atoms with E-state index in [-0.39, 0.29) is 5.30 Å². The second-order valence-electron chi connectivity index (χ2n) is 5.06. The normalized spacial score (nSPS) is 11.8. The van der Waals surface area contributed by atoms with Gasteiger partial charge in [0, 0.05) is 23.5 Å². The van der Waals surface area contributed by atoms with Gasteiger partial charge in [-0.15, -0.1) is 0 Å². The number of hydrogen-bond acceptors (Lipinski definition) is 3. The molecule has 0 unspecified atom stereocenters. The van der Waals surface area contributed by atoms with Crippen LogP contribution in [0.1, 0.15) is 5.56 Å². The topological polar surface area (TPSA) is 42.1 Å². The molecule has 1 heterocycles. The van der Waals surface area contributed by atoms with E-state index in [4.69, 9.17) is 4.74 Å². The van der Waals surface area contributed by atoms with E-state index in [0.717, 1.165) is 38.3 Å². The smallest absolute Gasteiger partial charge is 0.372 e. The monoisotopic (exact) mass is 405 g/mol. The highest BCUT2D eigenvalue weighted by Gasteiger charge is 2.16. The SMILES string of the molecule is CSC(=O)Oc1cccc2[nH]cc(CC[N+](C)(C)I)c12. The maximum Gasteiger partial charge on any atom is 0.372 e. The summed E-state index contributed by atoms with van der Waals surface area (Å²) in [5, 5.41) is 0.731. The highest BCUT2D eigenvalue weighted by Crippen LogP contribution is 2.30. The molecule has 1 N–H and O–H groups in total. The van der Waals surface area contributed by atoms with Crippen LogP contribution < -0.4 is 4.74 Å². The lowest BCUT2D eigenvalue weighted by atomic mass is 10.1. The molecule has 20 heavy (non-hydrogen) atoms. The number of carbonyl (C=O) groups is 1. The van der Waals surface area contributed by atoms with Crippen LogP contribution >= 0.6 is 34.6 Å². The summed E-state index contributed by atoms with van der Waals surface area (Å²) < 4.78 is 6.28. The van der Waals surface area contributed by atoms with Gasteiger partial charge in [0.1, 0.15) is 5.75 Å². The number of fused-ring (bicyclic) bond motifs is 1. The number of H-pyrrole nitrogens is 1. The van der Waals surface area contributed by atoms with Crippen LogP contribution in [-0.2, 0) is 6.42 Å². The molecule has 6 heteroatoms. The lowest BCUT2D eigenvalue weighted by Gasteiger charge is -2.19. The van der Waals surface area contributed by atoms with E-state index < -0.39 is 0 Å². The van der Waals surface area contributed by atoms with Gasteiger partial charge in [0.2, 0.25) is 22.9 Å². The highest BCUT2D eigenvalue weighted by atomic mass is 127. The summed E-state index contributed by atoms with van der Waals surface area (Å²) in [6.07, 6.45) is 4.66. The third-order valence-corrected chi connectivity index (χ3v) is 3.92. The molecule has 1 aromatic heterocycles. The van der Waals surface area contributed by atoms with Crippen LogP contribution in [0.3, 0.4) is 0 Å². The van der Waals surface area contributed by atoms with Crippen LogP contribution in [0.15, 0.2) is 24.4 Å². The molecule has 0 bridgehead atoms. The van der Waals surface area contributed by atoms with Crippen molar-refractivity contribution in [2.24, 2.45) is 0 Å². The van der Waals surface area contributed by atoms with Gasteiger partial charge in [-0.25, -0.2) is 4.79 Å². The molecule has 4 nitrogen and oxygen atoms in total. The van der Waals surface area contributed by atoms with Gasteiger partial charge in [0.05, 0.1) is 20.6 Å². The molecule has 1 aromatic carbocycles. The third kappa shape index (κ3) is 3.89. The van der Waals surface area contributed by atoms with Gasteiger partial charge in [0.25, 0.3) is 0 Å². The number of rotatable bonds is 4. The lowest BCUT2D eigenvalue weighted by molar-refractivity contribution is -0.706. The van der Waals surface area contributed by atoms with E-state index in [1.54, 1.807) is 6.26 Å². The molecule has 0 aliphatic rings. The fraction of sp³-hybridized carbons (Fsp3) is 0.357. The molecular formula is C14H18IN2O2S+. The molecule has 0 spiro atoms. The molecule has 0 atom stereocenters. The summed E-state index contributed by atoms with van der Waals surface area (Å²) in [6.45, 7) is 1.01. The standard InChI is InChI=1S/C14H18IN2O2S/c1-17(2,15)8-7-10-9-16-11-5-4-6-12(13(10)11)19-14(18)20-3/h4-6,9,16H,7-8H2,1-3H3/q+1. The third-order valence-electron chi connectivity index (χ3n) is 3.02. The van der Waals surface area contributed by atoms with Crippen molar-refractivity contribution < 1.29 is 12.2 Å². The summed E-state index contributed by atoms with van der Waals surface area (Å²) >= 11 is 3.48. The van der Waals surface area contributed by atoms with Gasteiger partial charge < -0.3 is 9.72 Å². The Bertz CT molecular complexity index is 619. The number of thioether (sulfide) groups is 1. The van der Waals surface area contributed by atoms with Gasteiger partial charge in [-0.1, -0.05) is 6.07 Å². The number of nitrogens with zero attached hydrogens (tertiary/aromatic N) is 1. The number of quaternary nitrogens is 1. The zero-order valence-electron chi connectivity index (χ0n) is 11.8. The molecule has 0 aliphatic carbocycles. The largest absolute Gasteiger partial charge is 0.418 e. The summed E-state index contributed by atoms with van der Waals surface area (Å²) in [5.41, 5.74) is 2.19. The molecule has 0 radical (unpaired) electrons. The average molecular weight is 405 g/mol. The minimum Gasteiger partial charge on any atom is -0.418 e. The quantitative estimate of drug-likeness (QED) is 0.475. The first kappa shape index (κ1) is 15.7. The van der Waals surface area contributed by atoms with Crippen LogP contribution in [0.25, 0.3) is 10.9 Å². The van der Waals surface area contributed by atoms with Crippen LogP contribution in [0.4, 0.5) is 4.79 Å². The number of benzene rings is 1. The van der Waals surface area contributed by atoms with E-state index in [9.17, 15) is 4.79 Å². The van der Waals surface area contributed by atoms with Gasteiger partial charge >= 0.3 is 5.30 Å². The van der Waals surface area contributed by atoms with Gasteiger partial charge in [-0.3, -0.25) is 2.70 Å². The van der Waals surface area contributed by atoms with Gasteiger partial charge in [-0.05, 0) is 35.7 Å².